The molecular formula is C25H28FN3O5S2. The Bertz CT molecular complexity index is 1440. The number of ether oxygens (including phenoxy) is 1. The first-order valence-corrected chi connectivity index (χ1v) is 14.1. The van der Waals surface area contributed by atoms with Gasteiger partial charge in [0.25, 0.3) is 5.91 Å². The van der Waals surface area contributed by atoms with E-state index >= 15 is 0 Å². The minimum absolute atomic E-state index is 0.0779. The summed E-state index contributed by atoms with van der Waals surface area (Å²) in [5.41, 5.74) is 1.90. The van der Waals surface area contributed by atoms with Crippen LogP contribution in [0.2, 0.25) is 0 Å². The van der Waals surface area contributed by atoms with Gasteiger partial charge in [0.2, 0.25) is 10.0 Å². The summed E-state index contributed by atoms with van der Waals surface area (Å²) in [6.07, 6.45) is 3.87. The standard InChI is InChI=1S/C25H28FN3O5S2/c1-3-4-6-17-8-13-20-22(15-17)35-25(28(20)16-23(30)34-2)27-24(31)21-7-5-14-29(21)36(32,33)19-11-9-18(26)10-12-19/h8-13,15,21H,3-7,14,16H2,1-2H3. The van der Waals surface area contributed by atoms with E-state index in [1.54, 1.807) is 4.57 Å². The summed E-state index contributed by atoms with van der Waals surface area (Å²) < 4.78 is 48.1. The van der Waals surface area contributed by atoms with Crippen molar-refractivity contribution in [3.63, 3.8) is 0 Å². The molecule has 2 aromatic carbocycles. The van der Waals surface area contributed by atoms with Crippen molar-refractivity contribution < 1.29 is 27.1 Å². The first kappa shape index (κ1) is 26.2. The van der Waals surface area contributed by atoms with Crippen molar-refractivity contribution in [2.75, 3.05) is 13.7 Å². The molecule has 192 valence electrons. The van der Waals surface area contributed by atoms with Crippen LogP contribution in [0.1, 0.15) is 38.2 Å². The highest BCUT2D eigenvalue weighted by atomic mass is 32.2. The largest absolute Gasteiger partial charge is 0.468 e. The van der Waals surface area contributed by atoms with Gasteiger partial charge in [0.15, 0.2) is 4.80 Å². The van der Waals surface area contributed by atoms with Gasteiger partial charge in [0, 0.05) is 6.54 Å². The first-order chi connectivity index (χ1) is 17.2. The predicted molar refractivity (Wildman–Crippen MR) is 134 cm³/mol. The number of unbranched alkanes of at least 4 members (excludes halogenated alkanes) is 1. The van der Waals surface area contributed by atoms with Crippen LogP contribution in [0.4, 0.5) is 4.39 Å². The Morgan fingerprint density at radius 3 is 2.64 bits per heavy atom. The summed E-state index contributed by atoms with van der Waals surface area (Å²) in [6.45, 7) is 2.17. The molecule has 0 spiro atoms. The Morgan fingerprint density at radius 1 is 1.19 bits per heavy atom. The van der Waals surface area contributed by atoms with Crippen LogP contribution in [-0.4, -0.2) is 48.9 Å². The molecule has 1 aromatic heterocycles. The number of methoxy groups -OCH3 is 1. The molecule has 1 amide bonds. The molecule has 0 radical (unpaired) electrons. The molecule has 0 aliphatic carbocycles. The van der Waals surface area contributed by atoms with Crippen LogP contribution in [0.15, 0.2) is 52.4 Å². The summed E-state index contributed by atoms with van der Waals surface area (Å²) in [6, 6.07) is 9.49. The third-order valence-corrected chi connectivity index (χ3v) is 9.16. The van der Waals surface area contributed by atoms with Gasteiger partial charge in [-0.1, -0.05) is 30.7 Å². The summed E-state index contributed by atoms with van der Waals surface area (Å²) in [7, 11) is -2.72. The lowest BCUT2D eigenvalue weighted by atomic mass is 10.1. The van der Waals surface area contributed by atoms with E-state index in [1.165, 1.54) is 30.6 Å². The van der Waals surface area contributed by atoms with Crippen LogP contribution >= 0.6 is 11.3 Å². The number of thiazole rings is 1. The fourth-order valence-corrected chi connectivity index (χ4v) is 7.02. The first-order valence-electron chi connectivity index (χ1n) is 11.8. The minimum Gasteiger partial charge on any atom is -0.468 e. The van der Waals surface area contributed by atoms with E-state index in [0.717, 1.165) is 51.5 Å². The molecule has 4 rings (SSSR count). The highest BCUT2D eigenvalue weighted by Crippen LogP contribution is 2.27. The number of esters is 1. The Labute approximate surface area is 213 Å². The van der Waals surface area contributed by atoms with Crippen LogP contribution in [0.3, 0.4) is 0 Å². The summed E-state index contributed by atoms with van der Waals surface area (Å²) in [5.74, 6) is -1.63. The van der Waals surface area contributed by atoms with Crippen LogP contribution < -0.4 is 4.80 Å². The second kappa shape index (κ2) is 11.0. The fourth-order valence-electron chi connectivity index (χ4n) is 4.27. The van der Waals surface area contributed by atoms with E-state index in [9.17, 15) is 22.4 Å². The number of hydrogen-bond donors (Lipinski definition) is 0. The Kier molecular flexibility index (Phi) is 8.01. The molecule has 1 aliphatic heterocycles. The lowest BCUT2D eigenvalue weighted by molar-refractivity contribution is -0.141. The van der Waals surface area contributed by atoms with Gasteiger partial charge in [-0.3, -0.25) is 9.59 Å². The number of benzene rings is 2. The average Bonchev–Trinajstić information content (AvgIpc) is 3.48. The zero-order valence-corrected chi connectivity index (χ0v) is 21.8. The topological polar surface area (TPSA) is 98.0 Å². The molecule has 1 fully saturated rings. The van der Waals surface area contributed by atoms with Crippen molar-refractivity contribution in [1.82, 2.24) is 8.87 Å². The van der Waals surface area contributed by atoms with E-state index < -0.39 is 33.8 Å². The fraction of sp³-hybridized carbons (Fsp3) is 0.400. The summed E-state index contributed by atoms with van der Waals surface area (Å²) in [4.78, 5) is 29.9. The van der Waals surface area contributed by atoms with Crippen molar-refractivity contribution in [3.8, 4) is 0 Å². The van der Waals surface area contributed by atoms with Gasteiger partial charge in [-0.15, -0.1) is 0 Å². The zero-order chi connectivity index (χ0) is 25.9. The Hall–Kier alpha value is -2.89. The van der Waals surface area contributed by atoms with E-state index in [4.69, 9.17) is 4.74 Å². The van der Waals surface area contributed by atoms with Crippen LogP contribution in [0, 0.1) is 5.82 Å². The van der Waals surface area contributed by atoms with Crippen LogP contribution in [0.5, 0.6) is 0 Å². The lowest BCUT2D eigenvalue weighted by Crippen LogP contribution is -2.40. The predicted octanol–water partition coefficient (Wildman–Crippen LogP) is 3.64. The molecule has 0 bridgehead atoms. The van der Waals surface area contributed by atoms with E-state index in [-0.39, 0.29) is 18.0 Å². The number of fused-ring (bicyclic) bond motifs is 1. The molecule has 0 N–H and O–H groups in total. The monoisotopic (exact) mass is 533 g/mol. The number of halogens is 1. The van der Waals surface area contributed by atoms with Gasteiger partial charge in [-0.25, -0.2) is 12.8 Å². The molecule has 3 aromatic rings. The number of aromatic nitrogens is 1. The van der Waals surface area contributed by atoms with Gasteiger partial charge >= 0.3 is 5.97 Å². The van der Waals surface area contributed by atoms with Crippen molar-refractivity contribution in [1.29, 1.82) is 0 Å². The maximum atomic E-state index is 13.3. The Morgan fingerprint density at radius 2 is 1.94 bits per heavy atom. The molecule has 1 atom stereocenters. The molecule has 1 unspecified atom stereocenters. The van der Waals surface area contributed by atoms with Crippen molar-refractivity contribution >= 4 is 43.5 Å². The van der Waals surface area contributed by atoms with Crippen LogP contribution in [0.25, 0.3) is 10.2 Å². The number of carbonyl (C=O) groups excluding carboxylic acids is 2. The molecule has 8 nitrogen and oxygen atoms in total. The molecule has 0 saturated carbocycles. The molecule has 11 heteroatoms. The van der Waals surface area contributed by atoms with Gasteiger partial charge in [-0.2, -0.15) is 9.30 Å². The molecule has 1 saturated heterocycles. The number of sulfonamides is 1. The maximum Gasteiger partial charge on any atom is 0.325 e. The number of nitrogens with zero attached hydrogens (tertiary/aromatic N) is 3. The van der Waals surface area contributed by atoms with E-state index in [0.29, 0.717) is 17.6 Å². The van der Waals surface area contributed by atoms with Gasteiger partial charge in [0.1, 0.15) is 18.4 Å². The lowest BCUT2D eigenvalue weighted by Gasteiger charge is -2.21. The molecule has 1 aliphatic rings. The maximum absolute atomic E-state index is 13.3. The number of hydrogen-bond acceptors (Lipinski definition) is 6. The Balaban J connectivity index is 1.72. The number of aryl methyl sites for hydroxylation is 1. The number of rotatable bonds is 8. The van der Waals surface area contributed by atoms with Gasteiger partial charge in [-0.05, 0) is 67.6 Å². The smallest absolute Gasteiger partial charge is 0.325 e. The SMILES string of the molecule is CCCCc1ccc2c(c1)sc(=NC(=O)C1CCCN1S(=O)(=O)c1ccc(F)cc1)n2CC(=O)OC. The second-order valence-corrected chi connectivity index (χ2v) is 11.5. The third kappa shape index (κ3) is 5.42. The van der Waals surface area contributed by atoms with Crippen LogP contribution in [-0.2, 0) is 37.3 Å². The third-order valence-electron chi connectivity index (χ3n) is 6.20. The van der Waals surface area contributed by atoms with E-state index in [2.05, 4.69) is 11.9 Å². The zero-order valence-electron chi connectivity index (χ0n) is 20.1. The normalized spacial score (nSPS) is 17.1. The van der Waals surface area contributed by atoms with E-state index in [1.807, 2.05) is 18.2 Å². The summed E-state index contributed by atoms with van der Waals surface area (Å²) >= 11 is 1.28. The number of amides is 1. The minimum atomic E-state index is -4.01. The number of carbonyl (C=O) groups is 2. The van der Waals surface area contributed by atoms with Gasteiger partial charge < -0.3 is 9.30 Å². The second-order valence-electron chi connectivity index (χ2n) is 8.63. The summed E-state index contributed by atoms with van der Waals surface area (Å²) in [5, 5.41) is 0. The highest BCUT2D eigenvalue weighted by Gasteiger charge is 2.39. The molecule has 2 heterocycles. The van der Waals surface area contributed by atoms with Crippen molar-refractivity contribution in [2.24, 2.45) is 4.99 Å². The molecule has 36 heavy (non-hydrogen) atoms. The quantitative estimate of drug-likeness (QED) is 0.412. The van der Waals surface area contributed by atoms with Crippen molar-refractivity contribution in [3.05, 3.63) is 58.6 Å². The highest BCUT2D eigenvalue weighted by molar-refractivity contribution is 7.89. The average molecular weight is 534 g/mol. The van der Waals surface area contributed by atoms with Crippen molar-refractivity contribution in [2.45, 2.75) is 56.5 Å². The molecular weight excluding hydrogens is 505 g/mol. The van der Waals surface area contributed by atoms with Gasteiger partial charge in [0.05, 0.1) is 22.2 Å².